The summed E-state index contributed by atoms with van der Waals surface area (Å²) in [5.74, 6) is 0. The summed E-state index contributed by atoms with van der Waals surface area (Å²) in [6.07, 6.45) is 5.39. The van der Waals surface area contributed by atoms with E-state index in [2.05, 4.69) is 32.9 Å². The summed E-state index contributed by atoms with van der Waals surface area (Å²) >= 11 is 0. The Kier molecular flexibility index (Phi) is 11.3. The first-order valence-corrected chi connectivity index (χ1v) is 4.51. The maximum absolute atomic E-state index is 2.18. The second-order valence-corrected chi connectivity index (χ2v) is 2.32. The fourth-order valence-corrected chi connectivity index (χ4v) is 0.671. The van der Waals surface area contributed by atoms with Gasteiger partial charge in [-0.3, -0.25) is 0 Å². The van der Waals surface area contributed by atoms with Crippen molar-refractivity contribution in [2.75, 3.05) is 0 Å². The van der Waals surface area contributed by atoms with Crippen LogP contribution < -0.4 is 0 Å². The van der Waals surface area contributed by atoms with Gasteiger partial charge >= 0.3 is 0 Å². The van der Waals surface area contributed by atoms with Crippen molar-refractivity contribution in [3.05, 3.63) is 23.3 Å². The SMILES string of the molecule is C/C=C\C(C)=C(\C)CC.CC. The van der Waals surface area contributed by atoms with Crippen LogP contribution in [0.3, 0.4) is 0 Å². The van der Waals surface area contributed by atoms with Gasteiger partial charge in [-0.15, -0.1) is 0 Å². The molecule has 0 heteroatoms. The molecule has 0 aliphatic rings. The van der Waals surface area contributed by atoms with Crippen LogP contribution in [0.25, 0.3) is 0 Å². The molecule has 0 nitrogen and oxygen atoms in total. The summed E-state index contributed by atoms with van der Waals surface area (Å²) in [4.78, 5) is 0. The van der Waals surface area contributed by atoms with Crippen LogP contribution in [0.5, 0.6) is 0 Å². The van der Waals surface area contributed by atoms with Gasteiger partial charge in [-0.05, 0) is 27.2 Å². The fourth-order valence-electron chi connectivity index (χ4n) is 0.671. The molecule has 0 N–H and O–H groups in total. The monoisotopic (exact) mass is 154 g/mol. The van der Waals surface area contributed by atoms with Gasteiger partial charge in [-0.25, -0.2) is 0 Å². The lowest BCUT2D eigenvalue weighted by molar-refractivity contribution is 1.07. The van der Waals surface area contributed by atoms with E-state index >= 15 is 0 Å². The Morgan fingerprint density at radius 2 is 1.64 bits per heavy atom. The molecule has 0 aromatic heterocycles. The highest BCUT2D eigenvalue weighted by atomic mass is 13.9. The van der Waals surface area contributed by atoms with Crippen molar-refractivity contribution in [2.24, 2.45) is 0 Å². The van der Waals surface area contributed by atoms with Gasteiger partial charge in [-0.2, -0.15) is 0 Å². The minimum absolute atomic E-state index is 1.16. The van der Waals surface area contributed by atoms with Gasteiger partial charge in [0.25, 0.3) is 0 Å². The second kappa shape index (κ2) is 9.48. The number of allylic oxidation sites excluding steroid dienone is 4. The van der Waals surface area contributed by atoms with Gasteiger partial charge in [0.2, 0.25) is 0 Å². The largest absolute Gasteiger partial charge is 0.0874 e. The van der Waals surface area contributed by atoms with Crippen molar-refractivity contribution in [1.29, 1.82) is 0 Å². The maximum atomic E-state index is 2.18. The molecule has 0 unspecified atom stereocenters. The zero-order valence-corrected chi connectivity index (χ0v) is 8.86. The molecule has 0 radical (unpaired) electrons. The minimum Gasteiger partial charge on any atom is -0.0874 e. The Morgan fingerprint density at radius 3 is 1.91 bits per heavy atom. The molecule has 0 saturated heterocycles. The third kappa shape index (κ3) is 7.38. The molecule has 11 heavy (non-hydrogen) atoms. The van der Waals surface area contributed by atoms with Crippen molar-refractivity contribution in [3.63, 3.8) is 0 Å². The molecule has 0 heterocycles. The highest BCUT2D eigenvalue weighted by molar-refractivity contribution is 5.21. The quantitative estimate of drug-likeness (QED) is 0.519. The summed E-state index contributed by atoms with van der Waals surface area (Å²) in [6.45, 7) is 12.6. The van der Waals surface area contributed by atoms with E-state index in [4.69, 9.17) is 0 Å². The van der Waals surface area contributed by atoms with Gasteiger partial charge < -0.3 is 0 Å². The zero-order chi connectivity index (χ0) is 9.28. The predicted octanol–water partition coefficient (Wildman–Crippen LogP) is 4.34. The average Bonchev–Trinajstić information content (AvgIpc) is 2.07. The molecule has 0 aliphatic heterocycles. The molecule has 0 atom stereocenters. The van der Waals surface area contributed by atoms with Gasteiger partial charge in [0, 0.05) is 0 Å². The highest BCUT2D eigenvalue weighted by Gasteiger charge is 1.86. The van der Waals surface area contributed by atoms with E-state index in [1.54, 1.807) is 0 Å². The Labute approximate surface area is 72.0 Å². The van der Waals surface area contributed by atoms with Crippen molar-refractivity contribution in [2.45, 2.75) is 48.0 Å². The van der Waals surface area contributed by atoms with E-state index in [9.17, 15) is 0 Å². The Balaban J connectivity index is 0. The molecule has 0 aliphatic carbocycles. The van der Waals surface area contributed by atoms with Crippen LogP contribution in [0.1, 0.15) is 48.0 Å². The van der Waals surface area contributed by atoms with Crippen molar-refractivity contribution in [1.82, 2.24) is 0 Å². The summed E-state index contributed by atoms with van der Waals surface area (Å²) in [5.41, 5.74) is 2.88. The van der Waals surface area contributed by atoms with E-state index in [0.29, 0.717) is 0 Å². The molecule has 0 amide bonds. The normalized spacial score (nSPS) is 12.2. The fraction of sp³-hybridized carbons (Fsp3) is 0.636. The molecule has 0 aromatic rings. The molecular weight excluding hydrogens is 132 g/mol. The summed E-state index contributed by atoms with van der Waals surface area (Å²) < 4.78 is 0. The van der Waals surface area contributed by atoms with Gasteiger partial charge in [0.1, 0.15) is 0 Å². The topological polar surface area (TPSA) is 0 Å². The van der Waals surface area contributed by atoms with Crippen molar-refractivity contribution >= 4 is 0 Å². The van der Waals surface area contributed by atoms with E-state index in [1.807, 2.05) is 20.8 Å². The molecule has 0 spiro atoms. The third-order valence-corrected chi connectivity index (χ3v) is 1.62. The first kappa shape index (κ1) is 13.1. The van der Waals surface area contributed by atoms with E-state index < -0.39 is 0 Å². The van der Waals surface area contributed by atoms with Crippen molar-refractivity contribution < 1.29 is 0 Å². The minimum atomic E-state index is 1.16. The Morgan fingerprint density at radius 1 is 1.18 bits per heavy atom. The highest BCUT2D eigenvalue weighted by Crippen LogP contribution is 2.07. The third-order valence-electron chi connectivity index (χ3n) is 1.62. The standard InChI is InChI=1S/C9H16.C2H6/c1-5-7-9(4)8(3)6-2;1-2/h5,7H,6H2,1-4H3;1-2H3/b7-5-,9-8-;. The Bertz CT molecular complexity index is 127. The van der Waals surface area contributed by atoms with E-state index in [0.717, 1.165) is 6.42 Å². The van der Waals surface area contributed by atoms with E-state index in [-0.39, 0.29) is 0 Å². The second-order valence-electron chi connectivity index (χ2n) is 2.32. The van der Waals surface area contributed by atoms with Crippen LogP contribution >= 0.6 is 0 Å². The lowest BCUT2D eigenvalue weighted by Gasteiger charge is -1.97. The smallest absolute Gasteiger partial charge is 0.0346 e. The molecule has 0 bridgehead atoms. The predicted molar refractivity (Wildman–Crippen MR) is 54.8 cm³/mol. The van der Waals surface area contributed by atoms with Crippen LogP contribution in [0.4, 0.5) is 0 Å². The number of rotatable bonds is 2. The first-order valence-electron chi connectivity index (χ1n) is 4.51. The van der Waals surface area contributed by atoms with Gasteiger partial charge in [-0.1, -0.05) is 44.1 Å². The molecule has 0 saturated carbocycles. The van der Waals surface area contributed by atoms with Gasteiger partial charge in [0.05, 0.1) is 0 Å². The average molecular weight is 154 g/mol. The molecule has 0 aromatic carbocycles. The van der Waals surface area contributed by atoms with E-state index in [1.165, 1.54) is 11.1 Å². The van der Waals surface area contributed by atoms with Crippen LogP contribution in [0.15, 0.2) is 23.3 Å². The number of hydrogen-bond acceptors (Lipinski definition) is 0. The Hall–Kier alpha value is -0.520. The molecule has 0 rings (SSSR count). The van der Waals surface area contributed by atoms with Crippen LogP contribution in [-0.2, 0) is 0 Å². The molecule has 0 fully saturated rings. The molecule has 66 valence electrons. The summed E-state index contributed by atoms with van der Waals surface area (Å²) in [7, 11) is 0. The summed E-state index contributed by atoms with van der Waals surface area (Å²) in [5, 5.41) is 0. The first-order chi connectivity index (χ1) is 5.22. The number of hydrogen-bond donors (Lipinski definition) is 0. The molecular formula is C11H22. The van der Waals surface area contributed by atoms with Crippen LogP contribution in [-0.4, -0.2) is 0 Å². The maximum Gasteiger partial charge on any atom is -0.0346 e. The lowest BCUT2D eigenvalue weighted by atomic mass is 10.1. The van der Waals surface area contributed by atoms with Gasteiger partial charge in [0.15, 0.2) is 0 Å². The van der Waals surface area contributed by atoms with Crippen LogP contribution in [0.2, 0.25) is 0 Å². The zero-order valence-electron chi connectivity index (χ0n) is 8.86. The summed E-state index contributed by atoms with van der Waals surface area (Å²) in [6, 6.07) is 0. The van der Waals surface area contributed by atoms with Crippen molar-refractivity contribution in [3.8, 4) is 0 Å². The van der Waals surface area contributed by atoms with Crippen LogP contribution in [0, 0.1) is 0 Å². The lowest BCUT2D eigenvalue weighted by Crippen LogP contribution is -1.76.